The van der Waals surface area contributed by atoms with Crippen LogP contribution in [0.4, 0.5) is 14.9 Å². The van der Waals surface area contributed by atoms with Gasteiger partial charge in [0.15, 0.2) is 10.6 Å². The van der Waals surface area contributed by atoms with Crippen LogP contribution in [0.25, 0.3) is 11.0 Å². The summed E-state index contributed by atoms with van der Waals surface area (Å²) in [6.45, 7) is 5.11. The number of halogens is 1. The van der Waals surface area contributed by atoms with E-state index in [1.165, 1.54) is 11.0 Å². The summed E-state index contributed by atoms with van der Waals surface area (Å²) in [5.74, 6) is -1.23. The quantitative estimate of drug-likeness (QED) is 0.776. The van der Waals surface area contributed by atoms with Crippen molar-refractivity contribution in [2.24, 2.45) is 5.16 Å². The lowest BCUT2D eigenvalue weighted by Crippen LogP contribution is -2.43. The van der Waals surface area contributed by atoms with Crippen molar-refractivity contribution in [2.45, 2.75) is 31.6 Å². The standard InChI is InChI=1S/C18H21FN4O6S/c1-18(2)9-16(22-29-18)30(25,26)10-14-11-7-12(19)13(8-15(11)28-21-14)20-17(24)23-3-5-27-6-4-23/h7-8H,3-6,9-10H2,1-2H3,(H,20,24). The number of aromatic nitrogens is 1. The van der Waals surface area contributed by atoms with Gasteiger partial charge in [0.05, 0.1) is 18.9 Å². The molecule has 30 heavy (non-hydrogen) atoms. The lowest BCUT2D eigenvalue weighted by atomic mass is 10.1. The predicted molar refractivity (Wildman–Crippen MR) is 105 cm³/mol. The number of nitrogens with one attached hydrogen (secondary N) is 1. The second-order valence-corrected chi connectivity index (χ2v) is 9.75. The molecule has 1 aromatic heterocycles. The summed E-state index contributed by atoms with van der Waals surface area (Å²) < 4.78 is 50.3. The number of benzene rings is 1. The zero-order valence-corrected chi connectivity index (χ0v) is 17.3. The first-order valence-corrected chi connectivity index (χ1v) is 11.0. The Morgan fingerprint density at radius 3 is 2.70 bits per heavy atom. The third kappa shape index (κ3) is 4.10. The van der Waals surface area contributed by atoms with Crippen LogP contribution >= 0.6 is 0 Å². The highest BCUT2D eigenvalue weighted by Crippen LogP contribution is 2.30. The summed E-state index contributed by atoms with van der Waals surface area (Å²) >= 11 is 0. The maximum absolute atomic E-state index is 14.6. The average Bonchev–Trinajstić information content (AvgIpc) is 3.25. The number of fused-ring (bicyclic) bond motifs is 1. The molecule has 0 bridgehead atoms. The Kier molecular flexibility index (Phi) is 5.14. The molecule has 2 aromatic rings. The average molecular weight is 440 g/mol. The van der Waals surface area contributed by atoms with Crippen molar-refractivity contribution in [3.05, 3.63) is 23.6 Å². The summed E-state index contributed by atoms with van der Waals surface area (Å²) in [6, 6.07) is 1.93. The number of carbonyl (C=O) groups excluding carboxylic acids is 1. The second-order valence-electron chi connectivity index (χ2n) is 7.76. The molecule has 2 amide bonds. The van der Waals surface area contributed by atoms with Gasteiger partial charge < -0.3 is 24.3 Å². The number of ether oxygens (including phenoxy) is 1. The fourth-order valence-electron chi connectivity index (χ4n) is 3.20. The molecule has 1 N–H and O–H groups in total. The van der Waals surface area contributed by atoms with Crippen LogP contribution in [0.2, 0.25) is 0 Å². The number of sulfone groups is 1. The molecule has 0 spiro atoms. The molecule has 3 heterocycles. The number of nitrogens with zero attached hydrogens (tertiary/aromatic N) is 3. The molecule has 1 saturated heterocycles. The van der Waals surface area contributed by atoms with E-state index in [2.05, 4.69) is 15.6 Å². The van der Waals surface area contributed by atoms with Crippen molar-refractivity contribution in [3.63, 3.8) is 0 Å². The molecule has 4 rings (SSSR count). The number of oxime groups is 1. The van der Waals surface area contributed by atoms with E-state index in [4.69, 9.17) is 14.1 Å². The number of amides is 2. The molecule has 12 heteroatoms. The van der Waals surface area contributed by atoms with Gasteiger partial charge in [0.25, 0.3) is 0 Å². The van der Waals surface area contributed by atoms with E-state index in [1.807, 2.05) is 0 Å². The molecule has 0 aliphatic carbocycles. The molecule has 2 aliphatic heterocycles. The zero-order valence-electron chi connectivity index (χ0n) is 16.5. The monoisotopic (exact) mass is 440 g/mol. The van der Waals surface area contributed by atoms with Gasteiger partial charge in [-0.3, -0.25) is 0 Å². The Morgan fingerprint density at radius 1 is 1.30 bits per heavy atom. The van der Waals surface area contributed by atoms with Crippen LogP contribution in [0, 0.1) is 5.82 Å². The van der Waals surface area contributed by atoms with Gasteiger partial charge >= 0.3 is 6.03 Å². The predicted octanol–water partition coefficient (Wildman–Crippen LogP) is 2.26. The van der Waals surface area contributed by atoms with Crippen LogP contribution in [0.15, 0.2) is 21.8 Å². The molecule has 2 aliphatic rings. The van der Waals surface area contributed by atoms with E-state index < -0.39 is 33.0 Å². The Morgan fingerprint density at radius 2 is 2.03 bits per heavy atom. The minimum atomic E-state index is -3.81. The van der Waals surface area contributed by atoms with Crippen LogP contribution < -0.4 is 5.32 Å². The SMILES string of the molecule is CC1(C)CC(S(=O)(=O)Cc2noc3cc(NC(=O)N4CCOCC4)c(F)cc23)=NO1. The molecule has 0 radical (unpaired) electrons. The fourth-order valence-corrected chi connectivity index (χ4v) is 4.65. The first-order chi connectivity index (χ1) is 14.1. The van der Waals surface area contributed by atoms with Gasteiger partial charge in [-0.05, 0) is 19.9 Å². The third-order valence-electron chi connectivity index (χ3n) is 4.83. The van der Waals surface area contributed by atoms with Gasteiger partial charge in [0.2, 0.25) is 9.84 Å². The minimum absolute atomic E-state index is 0.0577. The van der Waals surface area contributed by atoms with Crippen molar-refractivity contribution in [1.29, 1.82) is 0 Å². The molecule has 162 valence electrons. The second kappa shape index (κ2) is 7.51. The van der Waals surface area contributed by atoms with Crippen LogP contribution in [0.3, 0.4) is 0 Å². The topological polar surface area (TPSA) is 123 Å². The normalized spacial score (nSPS) is 18.9. The number of rotatable bonds is 3. The zero-order chi connectivity index (χ0) is 21.5. The van der Waals surface area contributed by atoms with Crippen molar-refractivity contribution in [3.8, 4) is 0 Å². The van der Waals surface area contributed by atoms with Crippen molar-refractivity contribution < 1.29 is 31.7 Å². The van der Waals surface area contributed by atoms with E-state index in [0.29, 0.717) is 26.3 Å². The Hall–Kier alpha value is -2.73. The Labute approximate surface area is 171 Å². The first kappa shape index (κ1) is 20.5. The summed E-state index contributed by atoms with van der Waals surface area (Å²) in [5, 5.41) is 10.1. The molecule has 10 nitrogen and oxygen atoms in total. The van der Waals surface area contributed by atoms with Crippen LogP contribution in [-0.2, 0) is 25.2 Å². The molecular formula is C18H21FN4O6S. The van der Waals surface area contributed by atoms with E-state index in [9.17, 15) is 17.6 Å². The number of hydrogen-bond acceptors (Lipinski definition) is 8. The Balaban J connectivity index is 1.54. The molecule has 0 unspecified atom stereocenters. The lowest BCUT2D eigenvalue weighted by molar-refractivity contribution is 0.0123. The summed E-state index contributed by atoms with van der Waals surface area (Å²) in [7, 11) is -3.81. The van der Waals surface area contributed by atoms with E-state index >= 15 is 0 Å². The molecule has 0 atom stereocenters. The summed E-state index contributed by atoms with van der Waals surface area (Å²) in [5.41, 5.74) is -0.570. The van der Waals surface area contributed by atoms with Gasteiger partial charge in [0, 0.05) is 31.0 Å². The van der Waals surface area contributed by atoms with Crippen molar-refractivity contribution in [2.75, 3.05) is 31.6 Å². The van der Waals surface area contributed by atoms with E-state index in [0.717, 1.165) is 6.07 Å². The van der Waals surface area contributed by atoms with Crippen LogP contribution in [-0.4, -0.2) is 61.5 Å². The number of anilines is 1. The maximum atomic E-state index is 14.6. The van der Waals surface area contributed by atoms with E-state index in [-0.39, 0.29) is 33.8 Å². The fraction of sp³-hybridized carbons (Fsp3) is 0.500. The largest absolute Gasteiger partial charge is 0.389 e. The molecule has 1 fully saturated rings. The van der Waals surface area contributed by atoms with Gasteiger partial charge in [0.1, 0.15) is 22.9 Å². The van der Waals surface area contributed by atoms with Crippen LogP contribution in [0.5, 0.6) is 0 Å². The number of morpholine rings is 1. The van der Waals surface area contributed by atoms with E-state index in [1.54, 1.807) is 13.8 Å². The van der Waals surface area contributed by atoms with Crippen molar-refractivity contribution in [1.82, 2.24) is 10.1 Å². The van der Waals surface area contributed by atoms with Crippen molar-refractivity contribution >= 4 is 37.6 Å². The molecule has 0 saturated carbocycles. The lowest BCUT2D eigenvalue weighted by Gasteiger charge is -2.26. The minimum Gasteiger partial charge on any atom is -0.389 e. The van der Waals surface area contributed by atoms with Crippen LogP contribution in [0.1, 0.15) is 26.0 Å². The number of carbonyl (C=O) groups is 1. The first-order valence-electron chi connectivity index (χ1n) is 9.34. The highest BCUT2D eigenvalue weighted by Gasteiger charge is 2.36. The maximum Gasteiger partial charge on any atom is 0.322 e. The van der Waals surface area contributed by atoms with Gasteiger partial charge in [-0.15, -0.1) is 0 Å². The van der Waals surface area contributed by atoms with Gasteiger partial charge in [-0.25, -0.2) is 17.6 Å². The Bertz CT molecular complexity index is 1120. The highest BCUT2D eigenvalue weighted by atomic mass is 32.2. The smallest absolute Gasteiger partial charge is 0.322 e. The third-order valence-corrected chi connectivity index (χ3v) is 6.42. The number of hydrogen-bond donors (Lipinski definition) is 1. The molecule has 1 aromatic carbocycles. The summed E-state index contributed by atoms with van der Waals surface area (Å²) in [6.07, 6.45) is 0.136. The number of urea groups is 1. The molecular weight excluding hydrogens is 419 g/mol. The highest BCUT2D eigenvalue weighted by molar-refractivity contribution is 8.05. The van der Waals surface area contributed by atoms with Gasteiger partial charge in [-0.1, -0.05) is 10.3 Å². The summed E-state index contributed by atoms with van der Waals surface area (Å²) in [4.78, 5) is 18.9. The van der Waals surface area contributed by atoms with Gasteiger partial charge in [-0.2, -0.15) is 0 Å².